The number of hydrogen-bond donors (Lipinski definition) is 0. The summed E-state index contributed by atoms with van der Waals surface area (Å²) in [7, 11) is 0. The molecule has 2 aromatic heterocycles. The van der Waals surface area contributed by atoms with Crippen molar-refractivity contribution in [3.8, 4) is 56.2 Å². The molecule has 0 spiro atoms. The van der Waals surface area contributed by atoms with E-state index < -0.39 is 0 Å². The maximum Gasteiger partial charge on any atom is 0.160 e. The van der Waals surface area contributed by atoms with Crippen LogP contribution in [-0.4, -0.2) is 9.97 Å². The second kappa shape index (κ2) is 10.1. The molecule has 3 heteroatoms. The van der Waals surface area contributed by atoms with Crippen LogP contribution in [0, 0.1) is 0 Å². The maximum atomic E-state index is 6.27. The van der Waals surface area contributed by atoms with Gasteiger partial charge in [0.1, 0.15) is 11.2 Å². The Labute approximate surface area is 267 Å². The monoisotopic (exact) mass is 590 g/mol. The van der Waals surface area contributed by atoms with Crippen molar-refractivity contribution in [3.05, 3.63) is 157 Å². The number of hydrogen-bond acceptors (Lipinski definition) is 3. The van der Waals surface area contributed by atoms with Crippen LogP contribution in [0.15, 0.2) is 150 Å². The van der Waals surface area contributed by atoms with Crippen LogP contribution in [0.4, 0.5) is 0 Å². The Balaban J connectivity index is 1.10. The number of furan rings is 1. The lowest BCUT2D eigenvalue weighted by atomic mass is 9.81. The van der Waals surface area contributed by atoms with Gasteiger partial charge in [0.05, 0.1) is 11.4 Å². The molecule has 0 amide bonds. The highest BCUT2D eigenvalue weighted by Crippen LogP contribution is 2.51. The second-order valence-corrected chi connectivity index (χ2v) is 12.6. The minimum absolute atomic E-state index is 0.142. The molecule has 1 aliphatic carbocycles. The molecule has 0 N–H and O–H groups in total. The van der Waals surface area contributed by atoms with E-state index in [1.54, 1.807) is 0 Å². The summed E-state index contributed by atoms with van der Waals surface area (Å²) in [5, 5.41) is 2.34. The molecule has 0 atom stereocenters. The predicted octanol–water partition coefficient (Wildman–Crippen LogP) is 11.4. The van der Waals surface area contributed by atoms with Crippen LogP contribution in [0.5, 0.6) is 0 Å². The zero-order valence-electron chi connectivity index (χ0n) is 25.7. The van der Waals surface area contributed by atoms with Crippen LogP contribution in [0.25, 0.3) is 78.1 Å². The van der Waals surface area contributed by atoms with E-state index >= 15 is 0 Å². The van der Waals surface area contributed by atoms with Crippen LogP contribution in [0.3, 0.4) is 0 Å². The molecule has 9 rings (SSSR count). The van der Waals surface area contributed by atoms with Crippen molar-refractivity contribution in [1.82, 2.24) is 9.97 Å². The number of benzene rings is 6. The summed E-state index contributed by atoms with van der Waals surface area (Å²) in [5.41, 5.74) is 14.3. The molecule has 6 aromatic carbocycles. The average Bonchev–Trinajstić information content (AvgIpc) is 3.59. The van der Waals surface area contributed by atoms with Crippen LogP contribution in [-0.2, 0) is 5.41 Å². The van der Waals surface area contributed by atoms with Gasteiger partial charge < -0.3 is 4.42 Å². The molecule has 46 heavy (non-hydrogen) atoms. The van der Waals surface area contributed by atoms with E-state index in [0.717, 1.165) is 45.1 Å². The molecule has 2 heterocycles. The van der Waals surface area contributed by atoms with Gasteiger partial charge in [-0.05, 0) is 63.7 Å². The molecular formula is C43H30N2O. The first-order valence-electron chi connectivity index (χ1n) is 15.7. The van der Waals surface area contributed by atoms with Gasteiger partial charge in [0, 0.05) is 32.9 Å². The molecule has 1 aliphatic rings. The van der Waals surface area contributed by atoms with Crippen LogP contribution < -0.4 is 0 Å². The lowest BCUT2D eigenvalue weighted by Crippen LogP contribution is -2.15. The van der Waals surface area contributed by atoms with Crippen LogP contribution in [0.2, 0.25) is 0 Å². The van der Waals surface area contributed by atoms with Crippen molar-refractivity contribution in [1.29, 1.82) is 0 Å². The fourth-order valence-corrected chi connectivity index (χ4v) is 7.03. The Hall–Kier alpha value is -5.80. The van der Waals surface area contributed by atoms with E-state index in [4.69, 9.17) is 14.4 Å². The highest BCUT2D eigenvalue weighted by atomic mass is 16.3. The zero-order valence-corrected chi connectivity index (χ0v) is 25.7. The summed E-state index contributed by atoms with van der Waals surface area (Å²) in [5.74, 6) is 0.723. The van der Waals surface area contributed by atoms with E-state index in [1.807, 2.05) is 48.5 Å². The van der Waals surface area contributed by atoms with Gasteiger partial charge in [-0.15, -0.1) is 0 Å². The minimum Gasteiger partial charge on any atom is -0.456 e. The predicted molar refractivity (Wildman–Crippen MR) is 189 cm³/mol. The molecular weight excluding hydrogens is 560 g/mol. The highest BCUT2D eigenvalue weighted by Gasteiger charge is 2.36. The van der Waals surface area contributed by atoms with Crippen molar-refractivity contribution in [2.75, 3.05) is 0 Å². The van der Waals surface area contributed by atoms with Crippen LogP contribution in [0.1, 0.15) is 25.0 Å². The molecule has 8 aromatic rings. The van der Waals surface area contributed by atoms with Gasteiger partial charge in [0.25, 0.3) is 0 Å². The van der Waals surface area contributed by atoms with Gasteiger partial charge in [0.15, 0.2) is 5.82 Å². The number of rotatable bonds is 4. The summed E-state index contributed by atoms with van der Waals surface area (Å²) in [6.07, 6.45) is 0. The van der Waals surface area contributed by atoms with Crippen molar-refractivity contribution in [2.24, 2.45) is 0 Å². The molecule has 0 saturated carbocycles. The molecule has 0 saturated heterocycles. The van der Waals surface area contributed by atoms with Gasteiger partial charge >= 0.3 is 0 Å². The number of para-hydroxylation sites is 1. The largest absolute Gasteiger partial charge is 0.456 e. The third-order valence-corrected chi connectivity index (χ3v) is 9.51. The highest BCUT2D eigenvalue weighted by molar-refractivity contribution is 6.07. The Morgan fingerprint density at radius 1 is 0.435 bits per heavy atom. The Morgan fingerprint density at radius 2 is 1.02 bits per heavy atom. The smallest absolute Gasteiger partial charge is 0.160 e. The Morgan fingerprint density at radius 3 is 1.76 bits per heavy atom. The van der Waals surface area contributed by atoms with Gasteiger partial charge in [-0.2, -0.15) is 0 Å². The van der Waals surface area contributed by atoms with E-state index in [1.165, 1.54) is 44.2 Å². The Bertz CT molecular complexity index is 2360. The van der Waals surface area contributed by atoms with E-state index in [9.17, 15) is 0 Å². The van der Waals surface area contributed by atoms with E-state index in [-0.39, 0.29) is 5.41 Å². The van der Waals surface area contributed by atoms with Crippen molar-refractivity contribution < 1.29 is 4.42 Å². The molecule has 3 nitrogen and oxygen atoms in total. The van der Waals surface area contributed by atoms with Crippen LogP contribution >= 0.6 is 0 Å². The normalized spacial score (nSPS) is 13.2. The maximum absolute atomic E-state index is 6.27. The third-order valence-electron chi connectivity index (χ3n) is 9.51. The fourth-order valence-electron chi connectivity index (χ4n) is 7.03. The minimum atomic E-state index is -0.142. The number of aromatic nitrogens is 2. The SMILES string of the molecule is CC1(C)c2cc(-c3ccc(-c4cc(-c5ccccc5)nc(-c5ccccc5)n4)cc3)ccc2-c2cc3c(cc21)oc1ccccc13. The molecule has 218 valence electrons. The topological polar surface area (TPSA) is 38.9 Å². The fraction of sp³-hybridized carbons (Fsp3) is 0.0698. The summed E-state index contributed by atoms with van der Waals surface area (Å²) in [4.78, 5) is 9.95. The number of fused-ring (bicyclic) bond motifs is 6. The van der Waals surface area contributed by atoms with E-state index in [0.29, 0.717) is 0 Å². The third kappa shape index (κ3) is 4.20. The number of nitrogens with zero attached hydrogens (tertiary/aromatic N) is 2. The van der Waals surface area contributed by atoms with Gasteiger partial charge in [-0.25, -0.2) is 9.97 Å². The molecule has 0 fully saturated rings. The first kappa shape index (κ1) is 26.6. The zero-order chi connectivity index (χ0) is 30.8. The van der Waals surface area contributed by atoms with Gasteiger partial charge in [-0.3, -0.25) is 0 Å². The standard InChI is InChI=1S/C43H30N2O/c1-43(2)36-23-31(21-22-32(36)34-24-35-33-15-9-10-16-40(33)46-41(35)25-37(34)43)27-17-19-29(20-18-27)39-26-38(28-11-5-3-6-12-28)44-42(45-39)30-13-7-4-8-14-30/h3-26H,1-2H3. The van der Waals surface area contributed by atoms with Crippen molar-refractivity contribution in [3.63, 3.8) is 0 Å². The second-order valence-electron chi connectivity index (χ2n) is 12.6. The molecule has 0 aliphatic heterocycles. The summed E-state index contributed by atoms with van der Waals surface area (Å²) >= 11 is 0. The molecule has 0 radical (unpaired) electrons. The first-order valence-corrected chi connectivity index (χ1v) is 15.7. The molecule has 0 unspecified atom stereocenters. The lowest BCUT2D eigenvalue weighted by Gasteiger charge is -2.22. The summed E-state index contributed by atoms with van der Waals surface area (Å²) in [6.45, 7) is 4.64. The lowest BCUT2D eigenvalue weighted by molar-refractivity contribution is 0.647. The van der Waals surface area contributed by atoms with Crippen molar-refractivity contribution >= 4 is 21.9 Å². The van der Waals surface area contributed by atoms with E-state index in [2.05, 4.69) is 111 Å². The van der Waals surface area contributed by atoms with Gasteiger partial charge in [-0.1, -0.05) is 129 Å². The quantitative estimate of drug-likeness (QED) is 0.205. The summed E-state index contributed by atoms with van der Waals surface area (Å²) < 4.78 is 6.27. The molecule has 0 bridgehead atoms. The summed E-state index contributed by atoms with van der Waals surface area (Å²) in [6, 6.07) is 51.2. The van der Waals surface area contributed by atoms with Gasteiger partial charge in [0.2, 0.25) is 0 Å². The Kier molecular flexibility index (Phi) is 5.85. The first-order chi connectivity index (χ1) is 22.5. The van der Waals surface area contributed by atoms with Crippen molar-refractivity contribution in [2.45, 2.75) is 19.3 Å². The average molecular weight is 591 g/mol.